The Morgan fingerprint density at radius 3 is 1.39 bits per heavy atom. The minimum atomic E-state index is -4.50. The Bertz CT molecular complexity index is 516. The van der Waals surface area contributed by atoms with E-state index < -0.39 is 20.2 Å². The zero-order valence-electron chi connectivity index (χ0n) is 18.0. The summed E-state index contributed by atoms with van der Waals surface area (Å²) in [5.74, 6) is 0. The molecule has 0 aliphatic heterocycles. The average molecular weight is 422 g/mol. The second-order valence-corrected chi connectivity index (χ2v) is 9.30. The lowest BCUT2D eigenvalue weighted by molar-refractivity contribution is -0.201. The molecule has 1 atom stereocenters. The number of nitrogens with zero attached hydrogens (tertiary/aromatic N) is 3. The van der Waals surface area contributed by atoms with Gasteiger partial charge in [-0.15, -0.1) is 14.0 Å². The molecule has 0 aliphatic carbocycles. The Balaban J connectivity index is 3.66. The largest absolute Gasteiger partial charge is 0.423 e. The van der Waals surface area contributed by atoms with Gasteiger partial charge in [-0.2, -0.15) is 17.7 Å². The number of hydrogen-bond acceptors (Lipinski definition) is 4. The van der Waals surface area contributed by atoms with Crippen LogP contribution in [0, 0.1) is 0 Å². The maximum Gasteiger partial charge on any atom is 0.423 e. The second kappa shape index (κ2) is 11.5. The van der Waals surface area contributed by atoms with Crippen LogP contribution in [-0.4, -0.2) is 59.5 Å². The molecule has 0 saturated heterocycles. The first kappa shape index (κ1) is 25.3. The lowest BCUT2D eigenvalue weighted by Gasteiger charge is -2.45. The first-order valence-electron chi connectivity index (χ1n) is 10.2. The molecule has 1 aromatic carbocycles. The summed E-state index contributed by atoms with van der Waals surface area (Å²) in [6, 6.07) is 7.98. The zero-order valence-corrected chi connectivity index (χ0v) is 18.9. The molecule has 162 valence electrons. The van der Waals surface area contributed by atoms with E-state index in [9.17, 15) is 13.2 Å². The number of benzene rings is 1. The molecule has 8 heteroatoms. The van der Waals surface area contributed by atoms with Crippen LogP contribution in [0.5, 0.6) is 0 Å². The monoisotopic (exact) mass is 422 g/mol. The molecule has 0 aliphatic rings. The minimum Gasteiger partial charge on any atom is -0.168 e. The van der Waals surface area contributed by atoms with Gasteiger partial charge in [-0.1, -0.05) is 30.3 Å². The van der Waals surface area contributed by atoms with Crippen LogP contribution in [0.3, 0.4) is 0 Å². The van der Waals surface area contributed by atoms with Crippen LogP contribution >= 0.6 is 7.94 Å². The van der Waals surface area contributed by atoms with E-state index in [0.29, 0.717) is 39.3 Å². The molecule has 1 unspecified atom stereocenters. The fraction of sp³-hybridized carbons (Fsp3) is 0.700. The van der Waals surface area contributed by atoms with Crippen molar-refractivity contribution in [1.29, 1.82) is 0 Å². The van der Waals surface area contributed by atoms with E-state index in [1.54, 1.807) is 18.2 Å². The maximum atomic E-state index is 14.2. The third-order valence-electron chi connectivity index (χ3n) is 4.94. The van der Waals surface area contributed by atoms with Crippen molar-refractivity contribution in [2.75, 3.05) is 39.3 Å². The summed E-state index contributed by atoms with van der Waals surface area (Å²) >= 11 is 0. The van der Waals surface area contributed by atoms with Gasteiger partial charge in [0.15, 0.2) is 0 Å². The normalized spacial score (nSPS) is 14.3. The summed E-state index contributed by atoms with van der Waals surface area (Å²) in [4.78, 5) is 0. The topological polar surface area (TPSA) is 19.0 Å². The fourth-order valence-electron chi connectivity index (χ4n) is 3.59. The Labute approximate surface area is 169 Å². The zero-order chi connectivity index (χ0) is 21.4. The predicted octanol–water partition coefficient (Wildman–Crippen LogP) is 6.01. The fourth-order valence-corrected chi connectivity index (χ4v) is 7.80. The molecule has 0 aromatic heterocycles. The molecule has 0 spiro atoms. The molecular formula is C20H36F3N3OP+. The van der Waals surface area contributed by atoms with E-state index in [0.717, 1.165) is 0 Å². The first-order chi connectivity index (χ1) is 13.3. The summed E-state index contributed by atoms with van der Waals surface area (Å²) in [5.41, 5.74) is 0.144. The number of rotatable bonds is 12. The average Bonchev–Trinajstić information content (AvgIpc) is 2.68. The lowest BCUT2D eigenvalue weighted by atomic mass is 10.1. The molecule has 28 heavy (non-hydrogen) atoms. The third-order valence-corrected chi connectivity index (χ3v) is 9.34. The molecule has 1 rings (SSSR count). The van der Waals surface area contributed by atoms with Gasteiger partial charge in [-0.05, 0) is 47.1 Å². The highest BCUT2D eigenvalue weighted by molar-refractivity contribution is 7.64. The van der Waals surface area contributed by atoms with Crippen LogP contribution in [0.2, 0.25) is 0 Å². The van der Waals surface area contributed by atoms with E-state index >= 15 is 0 Å². The molecule has 4 nitrogen and oxygen atoms in total. The summed E-state index contributed by atoms with van der Waals surface area (Å²) in [7, 11) is -2.86. The summed E-state index contributed by atoms with van der Waals surface area (Å²) < 4.78 is 55.1. The van der Waals surface area contributed by atoms with Crippen molar-refractivity contribution in [2.24, 2.45) is 0 Å². The highest BCUT2D eigenvalue weighted by atomic mass is 31.2. The smallest absolute Gasteiger partial charge is 0.168 e. The van der Waals surface area contributed by atoms with Crippen molar-refractivity contribution < 1.29 is 17.7 Å². The molecule has 0 fully saturated rings. The van der Waals surface area contributed by atoms with Gasteiger partial charge >= 0.3 is 14.1 Å². The summed E-state index contributed by atoms with van der Waals surface area (Å²) in [5, 5.41) is 0. The third kappa shape index (κ3) is 5.45. The Morgan fingerprint density at radius 2 is 1.11 bits per heavy atom. The molecular weight excluding hydrogens is 386 g/mol. The molecule has 0 N–H and O–H groups in total. The number of hydrogen-bond donors (Lipinski definition) is 0. The van der Waals surface area contributed by atoms with E-state index in [1.807, 2.05) is 41.5 Å². The van der Waals surface area contributed by atoms with E-state index in [1.165, 1.54) is 12.1 Å². The second-order valence-electron chi connectivity index (χ2n) is 6.37. The molecule has 0 radical (unpaired) electrons. The molecule has 1 aromatic rings. The van der Waals surface area contributed by atoms with Gasteiger partial charge in [-0.3, -0.25) is 0 Å². The van der Waals surface area contributed by atoms with Gasteiger partial charge in [0.05, 0.1) is 0 Å². The van der Waals surface area contributed by atoms with Crippen molar-refractivity contribution in [3.63, 3.8) is 0 Å². The van der Waals surface area contributed by atoms with E-state index in [-0.39, 0.29) is 5.56 Å². The van der Waals surface area contributed by atoms with Crippen LogP contribution in [-0.2, 0) is 4.52 Å². The Morgan fingerprint density at radius 1 is 0.750 bits per heavy atom. The van der Waals surface area contributed by atoms with Crippen LogP contribution in [0.25, 0.3) is 0 Å². The molecule has 0 saturated carbocycles. The predicted molar refractivity (Wildman–Crippen MR) is 112 cm³/mol. The van der Waals surface area contributed by atoms with Crippen molar-refractivity contribution >= 4 is 7.94 Å². The quantitative estimate of drug-likeness (QED) is 0.384. The minimum absolute atomic E-state index is 0.144. The van der Waals surface area contributed by atoms with E-state index in [4.69, 9.17) is 4.52 Å². The van der Waals surface area contributed by atoms with Crippen molar-refractivity contribution in [3.8, 4) is 0 Å². The SMILES string of the molecule is CCN(CC)[P+](OC(c1ccccc1)C(F)(F)F)(N(CC)CC)N(CC)CC. The van der Waals surface area contributed by atoms with Crippen molar-refractivity contribution in [3.05, 3.63) is 35.9 Å². The van der Waals surface area contributed by atoms with Gasteiger partial charge in [0.1, 0.15) is 0 Å². The van der Waals surface area contributed by atoms with Crippen molar-refractivity contribution in [2.45, 2.75) is 53.8 Å². The summed E-state index contributed by atoms with van der Waals surface area (Å²) in [6.07, 6.45) is -6.47. The van der Waals surface area contributed by atoms with Gasteiger partial charge in [0.2, 0.25) is 6.10 Å². The Kier molecular flexibility index (Phi) is 10.4. The van der Waals surface area contributed by atoms with Gasteiger partial charge in [-0.25, -0.2) is 0 Å². The van der Waals surface area contributed by atoms with Crippen LogP contribution < -0.4 is 0 Å². The van der Waals surface area contributed by atoms with Gasteiger partial charge in [0, 0.05) is 39.3 Å². The molecule has 0 amide bonds. The molecule has 0 bridgehead atoms. The highest BCUT2D eigenvalue weighted by Gasteiger charge is 2.62. The summed E-state index contributed by atoms with van der Waals surface area (Å²) in [6.45, 7) is 15.6. The standard InChI is InChI=1S/C20H36F3N3OP/c1-7-24(8-2)28(25(9-3)10-4,26(11-5)12-6)27-19(20(21,22)23)18-16-14-13-15-17-18/h13-17,19H,7-12H2,1-6H3/q+1. The first-order valence-corrected chi connectivity index (χ1v) is 11.8. The lowest BCUT2D eigenvalue weighted by Crippen LogP contribution is -2.47. The molecule has 0 heterocycles. The van der Waals surface area contributed by atoms with Crippen LogP contribution in [0.4, 0.5) is 13.2 Å². The van der Waals surface area contributed by atoms with Gasteiger partial charge in [0.25, 0.3) is 0 Å². The van der Waals surface area contributed by atoms with E-state index in [2.05, 4.69) is 14.0 Å². The van der Waals surface area contributed by atoms with Gasteiger partial charge < -0.3 is 0 Å². The van der Waals surface area contributed by atoms with Crippen molar-refractivity contribution in [1.82, 2.24) is 14.0 Å². The van der Waals surface area contributed by atoms with Crippen LogP contribution in [0.1, 0.15) is 53.2 Å². The van der Waals surface area contributed by atoms with Crippen LogP contribution in [0.15, 0.2) is 30.3 Å². The number of alkyl halides is 3. The highest BCUT2D eigenvalue weighted by Crippen LogP contribution is 2.71. The number of halogens is 3. The Hall–Kier alpha value is -0.720. The maximum absolute atomic E-state index is 14.2.